The first kappa shape index (κ1) is 7.98. The third-order valence-electron chi connectivity index (χ3n) is 1.30. The molecule has 10 heavy (non-hydrogen) atoms. The standard InChI is InChI=1S/C8H8FI/c9-8-3-1-7(2-4-8)5-6-10/h1-4H,5-6H2. The van der Waals surface area contributed by atoms with Crippen LogP contribution in [0, 0.1) is 5.82 Å². The predicted octanol–water partition coefficient (Wildman–Crippen LogP) is 2.80. The van der Waals surface area contributed by atoms with Gasteiger partial charge in [0.1, 0.15) is 5.82 Å². The minimum Gasteiger partial charge on any atom is -0.207 e. The number of rotatable bonds is 2. The Morgan fingerprint density at radius 2 is 1.80 bits per heavy atom. The molecule has 0 fully saturated rings. The zero-order valence-corrected chi connectivity index (χ0v) is 7.64. The Bertz CT molecular complexity index is 193. The maximum absolute atomic E-state index is 12.3. The van der Waals surface area contributed by atoms with E-state index in [1.807, 2.05) is 12.1 Å². The lowest BCUT2D eigenvalue weighted by atomic mass is 10.2. The van der Waals surface area contributed by atoms with Crippen LogP contribution in [0.2, 0.25) is 0 Å². The van der Waals surface area contributed by atoms with Crippen molar-refractivity contribution in [1.29, 1.82) is 0 Å². The number of halogens is 2. The molecule has 0 nitrogen and oxygen atoms in total. The maximum Gasteiger partial charge on any atom is 0.123 e. The fourth-order valence-electron chi connectivity index (χ4n) is 0.760. The van der Waals surface area contributed by atoms with Crippen molar-refractivity contribution in [3.8, 4) is 0 Å². The molecule has 0 heterocycles. The Morgan fingerprint density at radius 3 is 2.30 bits per heavy atom. The summed E-state index contributed by atoms with van der Waals surface area (Å²) in [6.07, 6.45) is 1.03. The fraction of sp³-hybridized carbons (Fsp3) is 0.250. The van der Waals surface area contributed by atoms with Crippen LogP contribution < -0.4 is 0 Å². The summed E-state index contributed by atoms with van der Waals surface area (Å²) in [5.74, 6) is -0.155. The molecule has 0 saturated heterocycles. The molecule has 0 amide bonds. The quantitative estimate of drug-likeness (QED) is 0.559. The van der Waals surface area contributed by atoms with Crippen LogP contribution in [0.1, 0.15) is 5.56 Å². The molecule has 1 aromatic rings. The smallest absolute Gasteiger partial charge is 0.123 e. The minimum atomic E-state index is -0.155. The highest BCUT2D eigenvalue weighted by atomic mass is 127. The second-order valence-corrected chi connectivity index (χ2v) is 3.14. The summed E-state index contributed by atoms with van der Waals surface area (Å²) < 4.78 is 13.4. The van der Waals surface area contributed by atoms with E-state index in [-0.39, 0.29) is 5.82 Å². The van der Waals surface area contributed by atoms with E-state index in [1.165, 1.54) is 17.7 Å². The monoisotopic (exact) mass is 250 g/mol. The molecule has 0 aliphatic rings. The lowest BCUT2D eigenvalue weighted by molar-refractivity contribution is 0.627. The van der Waals surface area contributed by atoms with Gasteiger partial charge in [0, 0.05) is 4.43 Å². The van der Waals surface area contributed by atoms with Gasteiger partial charge in [0.05, 0.1) is 0 Å². The first-order valence-electron chi connectivity index (χ1n) is 3.13. The highest BCUT2D eigenvalue weighted by Gasteiger charge is 1.90. The maximum atomic E-state index is 12.3. The molecule has 2 heteroatoms. The number of benzene rings is 1. The summed E-state index contributed by atoms with van der Waals surface area (Å²) in [6, 6.07) is 6.66. The Balaban J connectivity index is 2.69. The summed E-state index contributed by atoms with van der Waals surface area (Å²) in [4.78, 5) is 0. The van der Waals surface area contributed by atoms with E-state index in [9.17, 15) is 4.39 Å². The van der Waals surface area contributed by atoms with Crippen LogP contribution in [0.4, 0.5) is 4.39 Å². The van der Waals surface area contributed by atoms with Crippen LogP contribution in [0.25, 0.3) is 0 Å². The lowest BCUT2D eigenvalue weighted by Gasteiger charge is -1.94. The Labute approximate surface area is 73.6 Å². The molecular formula is C8H8FI. The van der Waals surface area contributed by atoms with Crippen molar-refractivity contribution in [3.63, 3.8) is 0 Å². The molecule has 0 bridgehead atoms. The average Bonchev–Trinajstić information content (AvgIpc) is 1.95. The van der Waals surface area contributed by atoms with Crippen molar-refractivity contribution in [2.45, 2.75) is 6.42 Å². The van der Waals surface area contributed by atoms with Gasteiger partial charge in [0.15, 0.2) is 0 Å². The molecule has 0 atom stereocenters. The molecule has 0 radical (unpaired) electrons. The van der Waals surface area contributed by atoms with Gasteiger partial charge in [-0.25, -0.2) is 4.39 Å². The van der Waals surface area contributed by atoms with Crippen LogP contribution in [0.15, 0.2) is 24.3 Å². The minimum absolute atomic E-state index is 0.155. The summed E-state index contributed by atoms with van der Waals surface area (Å²) in [7, 11) is 0. The molecular weight excluding hydrogens is 242 g/mol. The van der Waals surface area contributed by atoms with E-state index in [0.29, 0.717) is 0 Å². The van der Waals surface area contributed by atoms with Crippen molar-refractivity contribution in [2.75, 3.05) is 4.43 Å². The zero-order chi connectivity index (χ0) is 7.40. The van der Waals surface area contributed by atoms with Gasteiger partial charge in [0.2, 0.25) is 0 Å². The normalized spacial score (nSPS) is 9.80. The lowest BCUT2D eigenvalue weighted by Crippen LogP contribution is -1.84. The molecule has 0 aliphatic heterocycles. The van der Waals surface area contributed by atoms with Gasteiger partial charge in [-0.3, -0.25) is 0 Å². The number of hydrogen-bond acceptors (Lipinski definition) is 0. The third kappa shape index (κ3) is 2.25. The van der Waals surface area contributed by atoms with Gasteiger partial charge in [-0.2, -0.15) is 0 Å². The van der Waals surface area contributed by atoms with Crippen molar-refractivity contribution in [3.05, 3.63) is 35.6 Å². The van der Waals surface area contributed by atoms with E-state index in [1.54, 1.807) is 0 Å². The Hall–Kier alpha value is -0.120. The second kappa shape index (κ2) is 3.91. The summed E-state index contributed by atoms with van der Waals surface area (Å²) in [5.41, 5.74) is 1.20. The van der Waals surface area contributed by atoms with Gasteiger partial charge < -0.3 is 0 Å². The van der Waals surface area contributed by atoms with Crippen LogP contribution >= 0.6 is 22.6 Å². The van der Waals surface area contributed by atoms with Crippen molar-refractivity contribution in [2.24, 2.45) is 0 Å². The van der Waals surface area contributed by atoms with E-state index in [4.69, 9.17) is 0 Å². The third-order valence-corrected chi connectivity index (χ3v) is 1.84. The largest absolute Gasteiger partial charge is 0.207 e. The number of hydrogen-bond donors (Lipinski definition) is 0. The van der Waals surface area contributed by atoms with Gasteiger partial charge in [-0.05, 0) is 24.1 Å². The summed E-state index contributed by atoms with van der Waals surface area (Å²) in [6.45, 7) is 0. The molecule has 0 N–H and O–H groups in total. The van der Waals surface area contributed by atoms with Gasteiger partial charge in [-0.15, -0.1) is 0 Å². The molecule has 0 unspecified atom stereocenters. The van der Waals surface area contributed by atoms with Crippen LogP contribution in [0.5, 0.6) is 0 Å². The molecule has 54 valence electrons. The fourth-order valence-corrected chi connectivity index (χ4v) is 1.38. The predicted molar refractivity (Wildman–Crippen MR) is 49.0 cm³/mol. The van der Waals surface area contributed by atoms with Gasteiger partial charge in [-0.1, -0.05) is 34.7 Å². The first-order valence-corrected chi connectivity index (χ1v) is 4.66. The molecule has 0 aliphatic carbocycles. The summed E-state index contributed by atoms with van der Waals surface area (Å²) >= 11 is 2.31. The van der Waals surface area contributed by atoms with Gasteiger partial charge >= 0.3 is 0 Å². The average molecular weight is 250 g/mol. The van der Waals surface area contributed by atoms with E-state index in [0.717, 1.165) is 10.8 Å². The Kier molecular flexibility index (Phi) is 3.12. The van der Waals surface area contributed by atoms with Crippen molar-refractivity contribution < 1.29 is 4.39 Å². The SMILES string of the molecule is Fc1ccc(CCI)cc1. The van der Waals surface area contributed by atoms with Crippen LogP contribution in [0.3, 0.4) is 0 Å². The first-order chi connectivity index (χ1) is 4.83. The highest BCUT2D eigenvalue weighted by Crippen LogP contribution is 2.04. The van der Waals surface area contributed by atoms with Crippen molar-refractivity contribution in [1.82, 2.24) is 0 Å². The van der Waals surface area contributed by atoms with Crippen LogP contribution in [-0.2, 0) is 6.42 Å². The zero-order valence-electron chi connectivity index (χ0n) is 5.48. The van der Waals surface area contributed by atoms with E-state index in [2.05, 4.69) is 22.6 Å². The van der Waals surface area contributed by atoms with Crippen molar-refractivity contribution >= 4 is 22.6 Å². The Morgan fingerprint density at radius 1 is 1.20 bits per heavy atom. The summed E-state index contributed by atoms with van der Waals surface area (Å²) in [5, 5.41) is 0. The van der Waals surface area contributed by atoms with Crippen LogP contribution in [-0.4, -0.2) is 4.43 Å². The number of alkyl halides is 1. The molecule has 0 aromatic heterocycles. The second-order valence-electron chi connectivity index (χ2n) is 2.07. The van der Waals surface area contributed by atoms with Gasteiger partial charge in [0.25, 0.3) is 0 Å². The highest BCUT2D eigenvalue weighted by molar-refractivity contribution is 14.1. The number of aryl methyl sites for hydroxylation is 1. The molecule has 0 saturated carbocycles. The van der Waals surface area contributed by atoms with E-state index >= 15 is 0 Å². The molecule has 1 rings (SSSR count). The molecule has 0 spiro atoms. The topological polar surface area (TPSA) is 0 Å². The van der Waals surface area contributed by atoms with E-state index < -0.39 is 0 Å². The molecule has 1 aromatic carbocycles.